The molecule has 0 bridgehead atoms. The van der Waals surface area contributed by atoms with Crippen LogP contribution in [0.25, 0.3) is 0 Å². The molecule has 2 heterocycles. The molecule has 0 spiro atoms. The van der Waals surface area contributed by atoms with Gasteiger partial charge in [-0.25, -0.2) is 0 Å². The number of β-amino-alcohol motifs (C(OH)–C–C–N with tert-alkyl or cyclic N) is 1. The van der Waals surface area contributed by atoms with Gasteiger partial charge in [0.05, 0.1) is 23.8 Å². The van der Waals surface area contributed by atoms with Gasteiger partial charge in [-0.15, -0.1) is 11.3 Å². The summed E-state index contributed by atoms with van der Waals surface area (Å²) < 4.78 is 5.44. The average molecular weight is 284 g/mol. The molecule has 4 nitrogen and oxygen atoms in total. The number of thiophene rings is 1. The Hall–Kier alpha value is -0.620. The minimum Gasteiger partial charge on any atom is -0.389 e. The Bertz CT molecular complexity index is 348. The van der Waals surface area contributed by atoms with E-state index in [0.717, 1.165) is 26.2 Å². The maximum atomic E-state index is 9.92. The van der Waals surface area contributed by atoms with Crippen LogP contribution in [0.2, 0.25) is 0 Å². The van der Waals surface area contributed by atoms with E-state index in [4.69, 9.17) is 4.74 Å². The second-order valence-corrected chi connectivity index (χ2v) is 6.20. The van der Waals surface area contributed by atoms with Crippen molar-refractivity contribution in [3.63, 3.8) is 0 Å². The maximum absolute atomic E-state index is 9.92. The highest BCUT2D eigenvalue weighted by molar-refractivity contribution is 7.14. The zero-order valence-electron chi connectivity index (χ0n) is 11.8. The molecule has 0 aromatic carbocycles. The second-order valence-electron chi connectivity index (χ2n) is 5.27. The molecule has 108 valence electrons. The molecule has 0 aliphatic carbocycles. The van der Waals surface area contributed by atoms with E-state index < -0.39 is 0 Å². The number of aliphatic hydroxyl groups is 1. The Morgan fingerprint density at radius 1 is 1.32 bits per heavy atom. The zero-order chi connectivity index (χ0) is 13.7. The normalized spacial score (nSPS) is 19.1. The van der Waals surface area contributed by atoms with Gasteiger partial charge in [-0.3, -0.25) is 4.90 Å². The fourth-order valence-corrected chi connectivity index (χ4v) is 3.04. The molecule has 2 rings (SSSR count). The summed E-state index contributed by atoms with van der Waals surface area (Å²) in [5.41, 5.74) is 0. The van der Waals surface area contributed by atoms with E-state index in [-0.39, 0.29) is 12.2 Å². The third kappa shape index (κ3) is 4.76. The van der Waals surface area contributed by atoms with Crippen LogP contribution in [-0.4, -0.2) is 61.5 Å². The molecule has 0 amide bonds. The number of ether oxygens (including phenoxy) is 1. The minimum atomic E-state index is -0.379. The molecular formula is C14H24N2O2S. The fraction of sp³-hybridized carbons (Fsp3) is 0.714. The summed E-state index contributed by atoms with van der Waals surface area (Å²) in [5, 5.41) is 13.4. The van der Waals surface area contributed by atoms with Crippen molar-refractivity contribution in [3.05, 3.63) is 17.5 Å². The van der Waals surface area contributed by atoms with Crippen molar-refractivity contribution in [2.45, 2.75) is 26.1 Å². The number of aliphatic hydroxyl groups excluding tert-OH is 1. The molecule has 0 radical (unpaired) electrons. The first kappa shape index (κ1) is 14.8. The summed E-state index contributed by atoms with van der Waals surface area (Å²) in [7, 11) is 0. The fourth-order valence-electron chi connectivity index (χ4n) is 2.25. The molecule has 1 aliphatic heterocycles. The third-order valence-corrected chi connectivity index (χ3v) is 4.21. The molecule has 5 heteroatoms. The molecule has 1 unspecified atom stereocenters. The zero-order valence-corrected chi connectivity index (χ0v) is 12.6. The summed E-state index contributed by atoms with van der Waals surface area (Å²) in [6.45, 7) is 9.23. The monoisotopic (exact) mass is 284 g/mol. The van der Waals surface area contributed by atoms with Crippen LogP contribution in [-0.2, 0) is 4.74 Å². The maximum Gasteiger partial charge on any atom is 0.0909 e. The Kier molecular flexibility index (Phi) is 5.63. The quantitative estimate of drug-likeness (QED) is 0.862. The van der Waals surface area contributed by atoms with E-state index in [1.807, 2.05) is 13.8 Å². The van der Waals surface area contributed by atoms with Crippen molar-refractivity contribution in [1.29, 1.82) is 0 Å². The number of hydrogen-bond acceptors (Lipinski definition) is 5. The number of anilines is 1. The Morgan fingerprint density at radius 3 is 2.63 bits per heavy atom. The van der Waals surface area contributed by atoms with Gasteiger partial charge in [0.2, 0.25) is 0 Å². The Morgan fingerprint density at radius 2 is 2.05 bits per heavy atom. The summed E-state index contributed by atoms with van der Waals surface area (Å²) in [6, 6.07) is 4.27. The van der Waals surface area contributed by atoms with Crippen molar-refractivity contribution in [2.75, 3.05) is 44.2 Å². The summed E-state index contributed by atoms with van der Waals surface area (Å²) in [5.74, 6) is 0. The van der Waals surface area contributed by atoms with Crippen molar-refractivity contribution < 1.29 is 9.84 Å². The van der Waals surface area contributed by atoms with Crippen LogP contribution < -0.4 is 4.90 Å². The van der Waals surface area contributed by atoms with Gasteiger partial charge in [0.1, 0.15) is 0 Å². The van der Waals surface area contributed by atoms with E-state index in [0.29, 0.717) is 13.2 Å². The lowest BCUT2D eigenvalue weighted by Gasteiger charge is -2.36. The molecule has 1 N–H and O–H groups in total. The third-order valence-electron chi connectivity index (χ3n) is 3.28. The Balaban J connectivity index is 1.68. The van der Waals surface area contributed by atoms with Gasteiger partial charge in [0.25, 0.3) is 0 Å². The second kappa shape index (κ2) is 7.24. The highest BCUT2D eigenvalue weighted by Crippen LogP contribution is 2.22. The molecule has 1 atom stereocenters. The van der Waals surface area contributed by atoms with Crippen LogP contribution in [0.3, 0.4) is 0 Å². The van der Waals surface area contributed by atoms with E-state index in [1.165, 1.54) is 5.00 Å². The molecule has 1 aromatic rings. The van der Waals surface area contributed by atoms with Crippen molar-refractivity contribution in [1.82, 2.24) is 4.90 Å². The van der Waals surface area contributed by atoms with Gasteiger partial charge in [-0.2, -0.15) is 0 Å². The highest BCUT2D eigenvalue weighted by atomic mass is 32.1. The van der Waals surface area contributed by atoms with Crippen LogP contribution in [0.4, 0.5) is 5.00 Å². The van der Waals surface area contributed by atoms with Gasteiger partial charge >= 0.3 is 0 Å². The molecule has 1 fully saturated rings. The molecule has 1 aliphatic rings. The van der Waals surface area contributed by atoms with Gasteiger partial charge in [-0.05, 0) is 31.4 Å². The van der Waals surface area contributed by atoms with Crippen molar-refractivity contribution in [3.8, 4) is 0 Å². The summed E-state index contributed by atoms with van der Waals surface area (Å²) in [6.07, 6.45) is -0.194. The predicted octanol–water partition coefficient (Wildman–Crippen LogP) is 1.66. The highest BCUT2D eigenvalue weighted by Gasteiger charge is 2.20. The van der Waals surface area contributed by atoms with Gasteiger partial charge in [0, 0.05) is 32.7 Å². The standard InChI is InChI=1S/C14H24N2O2S/c1-12(2)18-11-13(17)10-15-5-7-16(8-6-15)14-4-3-9-19-14/h3-4,9,12-13,17H,5-8,10-11H2,1-2H3. The number of hydrogen-bond donors (Lipinski definition) is 1. The van der Waals surface area contributed by atoms with Crippen LogP contribution in [0.5, 0.6) is 0 Å². The van der Waals surface area contributed by atoms with Crippen LogP contribution in [0, 0.1) is 0 Å². The Labute approximate surface area is 119 Å². The molecule has 0 saturated carbocycles. The summed E-state index contributed by atoms with van der Waals surface area (Å²) in [4.78, 5) is 4.73. The molecule has 19 heavy (non-hydrogen) atoms. The topological polar surface area (TPSA) is 35.9 Å². The number of nitrogens with zero attached hydrogens (tertiary/aromatic N) is 2. The number of piperazine rings is 1. The minimum absolute atomic E-state index is 0.185. The van der Waals surface area contributed by atoms with E-state index >= 15 is 0 Å². The first-order chi connectivity index (χ1) is 9.15. The van der Waals surface area contributed by atoms with E-state index in [1.54, 1.807) is 11.3 Å². The van der Waals surface area contributed by atoms with Crippen LogP contribution in [0.1, 0.15) is 13.8 Å². The van der Waals surface area contributed by atoms with Crippen LogP contribution in [0.15, 0.2) is 17.5 Å². The summed E-state index contributed by atoms with van der Waals surface area (Å²) >= 11 is 1.79. The van der Waals surface area contributed by atoms with Crippen LogP contribution >= 0.6 is 11.3 Å². The van der Waals surface area contributed by atoms with Gasteiger partial charge in [-0.1, -0.05) is 0 Å². The lowest BCUT2D eigenvalue weighted by atomic mass is 10.2. The van der Waals surface area contributed by atoms with E-state index in [2.05, 4.69) is 27.3 Å². The molecule has 1 saturated heterocycles. The largest absolute Gasteiger partial charge is 0.389 e. The first-order valence-corrected chi connectivity index (χ1v) is 7.83. The van der Waals surface area contributed by atoms with Crippen molar-refractivity contribution in [2.24, 2.45) is 0 Å². The number of rotatable bonds is 6. The first-order valence-electron chi connectivity index (χ1n) is 6.95. The lowest BCUT2D eigenvalue weighted by molar-refractivity contribution is -0.00898. The average Bonchev–Trinajstić information content (AvgIpc) is 2.91. The molecule has 1 aromatic heterocycles. The van der Waals surface area contributed by atoms with E-state index in [9.17, 15) is 5.11 Å². The smallest absolute Gasteiger partial charge is 0.0909 e. The molecular weight excluding hydrogens is 260 g/mol. The lowest BCUT2D eigenvalue weighted by Crippen LogP contribution is -2.49. The SMILES string of the molecule is CC(C)OCC(O)CN1CCN(c2cccs2)CC1. The van der Waals surface area contributed by atoms with Gasteiger partial charge in [0.15, 0.2) is 0 Å². The predicted molar refractivity (Wildman–Crippen MR) is 80.1 cm³/mol. The van der Waals surface area contributed by atoms with Gasteiger partial charge < -0.3 is 14.7 Å². The van der Waals surface area contributed by atoms with Crippen molar-refractivity contribution >= 4 is 16.3 Å².